The molecule has 0 atom stereocenters. The van der Waals surface area contributed by atoms with Gasteiger partial charge in [0.25, 0.3) is 5.82 Å². The van der Waals surface area contributed by atoms with E-state index in [1.165, 1.54) is 7.11 Å². The number of anilines is 1. The van der Waals surface area contributed by atoms with Gasteiger partial charge in [-0.3, -0.25) is 5.73 Å². The lowest BCUT2D eigenvalue weighted by Crippen LogP contribution is -2.18. The highest BCUT2D eigenvalue weighted by atomic mass is 16.5. The molecule has 2 rings (SSSR count). The summed E-state index contributed by atoms with van der Waals surface area (Å²) in [6, 6.07) is 13.2. The topological polar surface area (TPSA) is 97.0 Å². The lowest BCUT2D eigenvalue weighted by Gasteiger charge is -2.08. The summed E-state index contributed by atoms with van der Waals surface area (Å²) in [5.41, 5.74) is 7.53. The molecule has 92 valence electrons. The number of nitrogens with one attached hydrogen (secondary N) is 1. The van der Waals surface area contributed by atoms with Crippen molar-refractivity contribution in [2.24, 2.45) is 0 Å². The predicted molar refractivity (Wildman–Crippen MR) is 68.8 cm³/mol. The van der Waals surface area contributed by atoms with Crippen LogP contribution in [-0.2, 0) is 0 Å². The minimum Gasteiger partial charge on any atom is -0.465 e. The highest BCUT2D eigenvalue weighted by Gasteiger charge is 2.23. The number of nitrogen functional groups attached to an aromatic ring is 1. The predicted octanol–water partition coefficient (Wildman–Crippen LogP) is 1.50. The molecule has 0 aliphatic carbocycles. The van der Waals surface area contributed by atoms with E-state index in [0.29, 0.717) is 5.56 Å². The summed E-state index contributed by atoms with van der Waals surface area (Å²) in [4.78, 5) is 2.72. The van der Waals surface area contributed by atoms with E-state index in [1.54, 1.807) is 0 Å². The molecular weight excluding hydrogens is 240 g/mol. The van der Waals surface area contributed by atoms with Gasteiger partial charge in [0.2, 0.25) is 0 Å². The number of rotatable bonds is 2. The Labute approximate surface area is 110 Å². The largest absolute Gasteiger partial charge is 0.465 e. The van der Waals surface area contributed by atoms with E-state index in [2.05, 4.69) is 11.1 Å². The molecule has 0 amide bonds. The van der Waals surface area contributed by atoms with Crippen LogP contribution >= 0.6 is 0 Å². The van der Waals surface area contributed by atoms with Gasteiger partial charge in [-0.2, -0.15) is 10.5 Å². The van der Waals surface area contributed by atoms with Crippen LogP contribution < -0.4 is 15.5 Å². The average Bonchev–Trinajstić information content (AvgIpc) is 2.46. The normalized spacial score (nSPS) is 9.42. The van der Waals surface area contributed by atoms with Gasteiger partial charge in [-0.25, -0.2) is 4.98 Å². The summed E-state index contributed by atoms with van der Waals surface area (Å²) in [6.07, 6.45) is 0. The summed E-state index contributed by atoms with van der Waals surface area (Å²) in [5.74, 6) is 0.426. The average molecular weight is 251 g/mol. The first kappa shape index (κ1) is 12.4. The van der Waals surface area contributed by atoms with Crippen LogP contribution in [0.4, 0.5) is 5.82 Å². The molecule has 19 heavy (non-hydrogen) atoms. The van der Waals surface area contributed by atoms with E-state index in [0.717, 1.165) is 5.56 Å². The van der Waals surface area contributed by atoms with Crippen molar-refractivity contribution in [1.82, 2.24) is 0 Å². The van der Waals surface area contributed by atoms with Crippen LogP contribution in [-0.4, -0.2) is 7.11 Å². The fourth-order valence-electron chi connectivity index (χ4n) is 1.89. The molecule has 0 saturated carbocycles. The van der Waals surface area contributed by atoms with Gasteiger partial charge < -0.3 is 4.74 Å². The third-order valence-electron chi connectivity index (χ3n) is 2.73. The lowest BCUT2D eigenvalue weighted by molar-refractivity contribution is -0.376. The van der Waals surface area contributed by atoms with Gasteiger partial charge in [-0.05, 0) is 5.56 Å². The number of H-pyrrole nitrogens is 1. The zero-order chi connectivity index (χ0) is 13.8. The highest BCUT2D eigenvalue weighted by Crippen LogP contribution is 2.32. The van der Waals surface area contributed by atoms with E-state index in [4.69, 9.17) is 10.5 Å². The van der Waals surface area contributed by atoms with Crippen molar-refractivity contribution in [1.29, 1.82) is 10.5 Å². The molecule has 1 aromatic heterocycles. The fraction of sp³-hybridized carbons (Fsp3) is 0.0714. The molecule has 0 aliphatic rings. The summed E-state index contributed by atoms with van der Waals surface area (Å²) in [6.45, 7) is 0. The Morgan fingerprint density at radius 2 is 1.74 bits per heavy atom. The monoisotopic (exact) mass is 251 g/mol. The first-order chi connectivity index (χ1) is 9.22. The van der Waals surface area contributed by atoms with Crippen LogP contribution in [0.2, 0.25) is 0 Å². The second kappa shape index (κ2) is 5.07. The molecule has 0 saturated heterocycles. The third-order valence-corrected chi connectivity index (χ3v) is 2.73. The van der Waals surface area contributed by atoms with E-state index in [9.17, 15) is 10.5 Å². The number of nitriles is 2. The maximum absolute atomic E-state index is 9.30. The third kappa shape index (κ3) is 2.05. The standard InChI is InChI=1S/C14H10N4O/c1-19-14-11(8-16)12(9-5-3-2-4-6-9)10(7-15)13(17)18-14/h2-6H,1H3,(H2,17,18)/p+1. The van der Waals surface area contributed by atoms with Crippen molar-refractivity contribution in [3.8, 4) is 29.1 Å². The number of nitrogens with zero attached hydrogens (tertiary/aromatic N) is 2. The Bertz CT molecular complexity index is 696. The van der Waals surface area contributed by atoms with Gasteiger partial charge in [0.1, 0.15) is 17.7 Å². The smallest absolute Gasteiger partial charge is 0.300 e. The minimum atomic E-state index is 0.178. The van der Waals surface area contributed by atoms with E-state index in [1.807, 2.05) is 36.4 Å². The molecule has 0 unspecified atom stereocenters. The lowest BCUT2D eigenvalue weighted by atomic mass is 9.96. The maximum atomic E-state index is 9.30. The Morgan fingerprint density at radius 3 is 2.26 bits per heavy atom. The number of aromatic nitrogens is 1. The second-order valence-electron chi connectivity index (χ2n) is 3.79. The number of methoxy groups -OCH3 is 1. The zero-order valence-electron chi connectivity index (χ0n) is 10.3. The molecule has 1 heterocycles. The summed E-state index contributed by atoms with van der Waals surface area (Å²) in [7, 11) is 1.44. The molecule has 0 fully saturated rings. The van der Waals surface area contributed by atoms with Gasteiger partial charge in [-0.15, -0.1) is 0 Å². The van der Waals surface area contributed by atoms with Crippen molar-refractivity contribution < 1.29 is 9.72 Å². The Balaban J connectivity index is 2.88. The van der Waals surface area contributed by atoms with Crippen molar-refractivity contribution in [3.05, 3.63) is 41.5 Å². The molecule has 3 N–H and O–H groups in total. The van der Waals surface area contributed by atoms with Crippen LogP contribution in [0.25, 0.3) is 11.1 Å². The zero-order valence-corrected chi connectivity index (χ0v) is 10.3. The molecule has 0 radical (unpaired) electrons. The fourth-order valence-corrected chi connectivity index (χ4v) is 1.89. The SMILES string of the molecule is COc1[nH+]c(N)c(C#N)c(-c2ccccc2)c1C#N. The van der Waals surface area contributed by atoms with Gasteiger partial charge in [-0.1, -0.05) is 30.3 Å². The van der Waals surface area contributed by atoms with E-state index in [-0.39, 0.29) is 22.8 Å². The molecule has 0 aliphatic heterocycles. The quantitative estimate of drug-likeness (QED) is 0.874. The Hall–Kier alpha value is -3.05. The highest BCUT2D eigenvalue weighted by molar-refractivity contribution is 5.80. The van der Waals surface area contributed by atoms with Crippen molar-refractivity contribution in [2.45, 2.75) is 0 Å². The van der Waals surface area contributed by atoms with Crippen LogP contribution in [0.3, 0.4) is 0 Å². The van der Waals surface area contributed by atoms with Gasteiger partial charge in [0.15, 0.2) is 5.56 Å². The number of nitrogens with two attached hydrogens (primary N) is 1. The first-order valence-electron chi connectivity index (χ1n) is 5.51. The number of pyridine rings is 1. The molecule has 5 heteroatoms. The van der Waals surface area contributed by atoms with Crippen LogP contribution in [0.5, 0.6) is 5.88 Å². The maximum Gasteiger partial charge on any atom is 0.300 e. The van der Waals surface area contributed by atoms with Crippen LogP contribution in [0, 0.1) is 22.7 Å². The van der Waals surface area contributed by atoms with Crippen molar-refractivity contribution in [3.63, 3.8) is 0 Å². The number of hydrogen-bond donors (Lipinski definition) is 1. The molecule has 0 spiro atoms. The van der Waals surface area contributed by atoms with Crippen molar-refractivity contribution >= 4 is 5.82 Å². The summed E-state index contributed by atoms with van der Waals surface area (Å²) in [5, 5.41) is 18.5. The van der Waals surface area contributed by atoms with Crippen LogP contribution in [0.15, 0.2) is 30.3 Å². The van der Waals surface area contributed by atoms with E-state index < -0.39 is 0 Å². The summed E-state index contributed by atoms with van der Waals surface area (Å²) >= 11 is 0. The first-order valence-corrected chi connectivity index (χ1v) is 5.51. The number of aromatic amines is 1. The second-order valence-corrected chi connectivity index (χ2v) is 3.79. The molecule has 5 nitrogen and oxygen atoms in total. The number of benzene rings is 1. The van der Waals surface area contributed by atoms with Crippen molar-refractivity contribution in [2.75, 3.05) is 12.8 Å². The van der Waals surface area contributed by atoms with Crippen LogP contribution in [0.1, 0.15) is 11.1 Å². The summed E-state index contributed by atoms with van der Waals surface area (Å²) < 4.78 is 5.11. The molecule has 1 aromatic carbocycles. The molecule has 0 bridgehead atoms. The molecule has 2 aromatic rings. The Kier molecular flexibility index (Phi) is 3.31. The van der Waals surface area contributed by atoms with Gasteiger partial charge >= 0.3 is 5.88 Å². The number of ether oxygens (including phenoxy) is 1. The van der Waals surface area contributed by atoms with Gasteiger partial charge in [0.05, 0.1) is 7.11 Å². The molecular formula is C14H11N4O+. The van der Waals surface area contributed by atoms with Gasteiger partial charge in [0, 0.05) is 5.56 Å². The minimum absolute atomic E-state index is 0.178. The Morgan fingerprint density at radius 1 is 1.11 bits per heavy atom. The number of hydrogen-bond acceptors (Lipinski definition) is 4. The van der Waals surface area contributed by atoms with E-state index >= 15 is 0 Å².